The lowest BCUT2D eigenvalue weighted by atomic mass is 10.1. The molecule has 2 aromatic rings. The number of halogens is 1. The molecule has 2 rings (SSSR count). The van der Waals surface area contributed by atoms with Crippen LogP contribution in [0.4, 0.5) is 15.8 Å². The molecule has 1 N–H and O–H groups in total. The summed E-state index contributed by atoms with van der Waals surface area (Å²) >= 11 is 0. The molecule has 23 heavy (non-hydrogen) atoms. The van der Waals surface area contributed by atoms with Gasteiger partial charge in [-0.2, -0.15) is 0 Å². The Morgan fingerprint density at radius 3 is 2.17 bits per heavy atom. The largest absolute Gasteiger partial charge is 0.325 e. The standard InChI is InChI=1S/C18H19FN2O2/c1-3-14-4-8-16(9-5-14)20-18(23)12-21(13(2)22)17-10-6-15(19)7-11-17/h4-11H,3,12H2,1-2H3,(H,20,23). The Bertz CT molecular complexity index is 681. The lowest BCUT2D eigenvalue weighted by Gasteiger charge is -2.20. The molecule has 2 amide bonds. The first-order chi connectivity index (χ1) is 11.0. The van der Waals surface area contributed by atoms with Crippen molar-refractivity contribution in [2.45, 2.75) is 20.3 Å². The zero-order valence-corrected chi connectivity index (χ0v) is 13.2. The number of carbonyl (C=O) groups excluding carboxylic acids is 2. The summed E-state index contributed by atoms with van der Waals surface area (Å²) in [4.78, 5) is 25.2. The molecule has 0 aromatic heterocycles. The van der Waals surface area contributed by atoms with E-state index in [1.54, 1.807) is 0 Å². The maximum atomic E-state index is 13.0. The highest BCUT2D eigenvalue weighted by Crippen LogP contribution is 2.16. The summed E-state index contributed by atoms with van der Waals surface area (Å²) in [7, 11) is 0. The molecular weight excluding hydrogens is 295 g/mol. The first-order valence-corrected chi connectivity index (χ1v) is 7.42. The summed E-state index contributed by atoms with van der Waals surface area (Å²) in [6.45, 7) is 3.30. The van der Waals surface area contributed by atoms with Crippen LogP contribution in [0.25, 0.3) is 0 Å². The summed E-state index contributed by atoms with van der Waals surface area (Å²) in [6.07, 6.45) is 0.927. The predicted molar refractivity (Wildman–Crippen MR) is 88.9 cm³/mol. The second kappa shape index (κ2) is 7.54. The fourth-order valence-electron chi connectivity index (χ4n) is 2.17. The van der Waals surface area contributed by atoms with Crippen LogP contribution in [0, 0.1) is 5.82 Å². The second-order valence-corrected chi connectivity index (χ2v) is 5.18. The number of rotatable bonds is 5. The van der Waals surface area contributed by atoms with Gasteiger partial charge in [0.1, 0.15) is 12.4 Å². The van der Waals surface area contributed by atoms with Gasteiger partial charge in [0.05, 0.1) is 0 Å². The Hall–Kier alpha value is -2.69. The molecular formula is C18H19FN2O2. The molecule has 0 unspecified atom stereocenters. The van der Waals surface area contributed by atoms with E-state index in [0.717, 1.165) is 6.42 Å². The number of nitrogens with one attached hydrogen (secondary N) is 1. The number of hydrogen-bond donors (Lipinski definition) is 1. The van der Waals surface area contributed by atoms with Gasteiger partial charge in [0, 0.05) is 18.3 Å². The first-order valence-electron chi connectivity index (χ1n) is 7.42. The Morgan fingerprint density at radius 2 is 1.65 bits per heavy atom. The lowest BCUT2D eigenvalue weighted by molar-refractivity contribution is -0.120. The minimum Gasteiger partial charge on any atom is -0.325 e. The number of amides is 2. The van der Waals surface area contributed by atoms with Gasteiger partial charge in [-0.25, -0.2) is 4.39 Å². The summed E-state index contributed by atoms with van der Waals surface area (Å²) in [5.41, 5.74) is 2.34. The SMILES string of the molecule is CCc1ccc(NC(=O)CN(C(C)=O)c2ccc(F)cc2)cc1. The van der Waals surface area contributed by atoms with Gasteiger partial charge in [0.25, 0.3) is 0 Å². The summed E-state index contributed by atoms with van der Waals surface area (Å²) in [5.74, 6) is -0.986. The van der Waals surface area contributed by atoms with Crippen molar-refractivity contribution in [2.24, 2.45) is 0 Å². The topological polar surface area (TPSA) is 49.4 Å². The van der Waals surface area contributed by atoms with Crippen LogP contribution in [-0.4, -0.2) is 18.4 Å². The second-order valence-electron chi connectivity index (χ2n) is 5.18. The van der Waals surface area contributed by atoms with Crippen LogP contribution in [0.1, 0.15) is 19.4 Å². The van der Waals surface area contributed by atoms with E-state index in [1.807, 2.05) is 24.3 Å². The fraction of sp³-hybridized carbons (Fsp3) is 0.222. The van der Waals surface area contributed by atoms with Crippen LogP contribution >= 0.6 is 0 Å². The number of carbonyl (C=O) groups is 2. The molecule has 0 saturated carbocycles. The van der Waals surface area contributed by atoms with Crippen LogP contribution in [0.5, 0.6) is 0 Å². The van der Waals surface area contributed by atoms with Crippen molar-refractivity contribution in [3.63, 3.8) is 0 Å². The van der Waals surface area contributed by atoms with E-state index in [2.05, 4.69) is 12.2 Å². The average molecular weight is 314 g/mol. The van der Waals surface area contributed by atoms with Crippen molar-refractivity contribution in [3.8, 4) is 0 Å². The van der Waals surface area contributed by atoms with Gasteiger partial charge >= 0.3 is 0 Å². The van der Waals surface area contributed by atoms with E-state index in [9.17, 15) is 14.0 Å². The maximum Gasteiger partial charge on any atom is 0.244 e. The van der Waals surface area contributed by atoms with Crippen LogP contribution in [0.15, 0.2) is 48.5 Å². The molecule has 0 bridgehead atoms. The third-order valence-corrected chi connectivity index (χ3v) is 3.47. The van der Waals surface area contributed by atoms with Crippen LogP contribution in [0.2, 0.25) is 0 Å². The van der Waals surface area contributed by atoms with Crippen molar-refractivity contribution in [3.05, 3.63) is 59.9 Å². The molecule has 0 aliphatic rings. The monoisotopic (exact) mass is 314 g/mol. The molecule has 0 spiro atoms. The van der Waals surface area contributed by atoms with E-state index in [-0.39, 0.29) is 18.4 Å². The van der Waals surface area contributed by atoms with Crippen LogP contribution in [0.3, 0.4) is 0 Å². The van der Waals surface area contributed by atoms with E-state index in [1.165, 1.54) is 41.7 Å². The Labute approximate surface area is 134 Å². The number of anilines is 2. The number of aryl methyl sites for hydroxylation is 1. The predicted octanol–water partition coefficient (Wildman–Crippen LogP) is 3.38. The third-order valence-electron chi connectivity index (χ3n) is 3.47. The Kier molecular flexibility index (Phi) is 5.46. The minimum absolute atomic E-state index is 0.128. The maximum absolute atomic E-state index is 13.0. The summed E-state index contributed by atoms with van der Waals surface area (Å²) in [6, 6.07) is 13.0. The van der Waals surface area contributed by atoms with Crippen molar-refractivity contribution in [2.75, 3.05) is 16.8 Å². The molecule has 0 radical (unpaired) electrons. The number of nitrogens with zero attached hydrogens (tertiary/aromatic N) is 1. The quantitative estimate of drug-likeness (QED) is 0.920. The molecule has 4 nitrogen and oxygen atoms in total. The van der Waals surface area contributed by atoms with Crippen molar-refractivity contribution >= 4 is 23.2 Å². The average Bonchev–Trinajstić information content (AvgIpc) is 2.54. The zero-order chi connectivity index (χ0) is 16.8. The van der Waals surface area contributed by atoms with Crippen molar-refractivity contribution < 1.29 is 14.0 Å². The fourth-order valence-corrected chi connectivity index (χ4v) is 2.17. The number of benzene rings is 2. The third kappa shape index (κ3) is 4.64. The molecule has 0 aliphatic carbocycles. The van der Waals surface area contributed by atoms with Gasteiger partial charge in [0.2, 0.25) is 11.8 Å². The van der Waals surface area contributed by atoms with Gasteiger partial charge in [0.15, 0.2) is 0 Å². The molecule has 0 heterocycles. The van der Waals surface area contributed by atoms with Crippen LogP contribution < -0.4 is 10.2 Å². The molecule has 2 aromatic carbocycles. The Morgan fingerprint density at radius 1 is 1.04 bits per heavy atom. The van der Waals surface area contributed by atoms with Gasteiger partial charge in [-0.3, -0.25) is 9.59 Å². The van der Waals surface area contributed by atoms with Gasteiger partial charge in [-0.1, -0.05) is 19.1 Å². The first kappa shape index (κ1) is 16.7. The van der Waals surface area contributed by atoms with Crippen molar-refractivity contribution in [1.29, 1.82) is 0 Å². The summed E-state index contributed by atoms with van der Waals surface area (Å²) < 4.78 is 13.0. The summed E-state index contributed by atoms with van der Waals surface area (Å²) in [5, 5.41) is 2.75. The van der Waals surface area contributed by atoms with E-state index in [4.69, 9.17) is 0 Å². The highest BCUT2D eigenvalue weighted by molar-refractivity contribution is 6.01. The van der Waals surface area contributed by atoms with Gasteiger partial charge in [-0.05, 0) is 48.4 Å². The normalized spacial score (nSPS) is 10.2. The lowest BCUT2D eigenvalue weighted by Crippen LogP contribution is -2.36. The zero-order valence-electron chi connectivity index (χ0n) is 13.2. The van der Waals surface area contributed by atoms with Crippen molar-refractivity contribution in [1.82, 2.24) is 0 Å². The molecule has 0 saturated heterocycles. The van der Waals surface area contributed by atoms with E-state index >= 15 is 0 Å². The van der Waals surface area contributed by atoms with Crippen LogP contribution in [-0.2, 0) is 16.0 Å². The van der Waals surface area contributed by atoms with Gasteiger partial charge < -0.3 is 10.2 Å². The minimum atomic E-state index is -0.391. The highest BCUT2D eigenvalue weighted by atomic mass is 19.1. The molecule has 0 aliphatic heterocycles. The van der Waals surface area contributed by atoms with Gasteiger partial charge in [-0.15, -0.1) is 0 Å². The van der Waals surface area contributed by atoms with E-state index in [0.29, 0.717) is 11.4 Å². The van der Waals surface area contributed by atoms with E-state index < -0.39 is 5.82 Å². The smallest absolute Gasteiger partial charge is 0.244 e. The molecule has 0 atom stereocenters. The molecule has 120 valence electrons. The number of hydrogen-bond acceptors (Lipinski definition) is 2. The highest BCUT2D eigenvalue weighted by Gasteiger charge is 2.16. The molecule has 0 fully saturated rings. The molecule has 5 heteroatoms. The Balaban J connectivity index is 2.05.